The zero-order chi connectivity index (χ0) is 23.2. The van der Waals surface area contributed by atoms with E-state index in [1.165, 1.54) is 31.0 Å². The van der Waals surface area contributed by atoms with Gasteiger partial charge in [0.05, 0.1) is 27.1 Å². The minimum atomic E-state index is 0.0770. The highest BCUT2D eigenvalue weighted by Crippen LogP contribution is 2.43. The van der Waals surface area contributed by atoms with Gasteiger partial charge in [-0.2, -0.15) is 0 Å². The molecule has 0 amide bonds. The number of thioether (sulfide) groups is 1. The fraction of sp³-hybridized carbons (Fsp3) is 0.400. The standard InChI is InChI=1S/C25H29N3O4S/c1-30-21-14-18(15-22(31-2)23(21)32-3)24-26-27-25(28(24)19-12-8-5-9-13-19)33-16-20(29)17-10-6-4-7-11-17/h4,6-7,10-11,14-15,19H,5,8-9,12-13,16H2,1-3H3. The summed E-state index contributed by atoms with van der Waals surface area (Å²) < 4.78 is 18.8. The summed E-state index contributed by atoms with van der Waals surface area (Å²) >= 11 is 1.44. The molecule has 3 aromatic rings. The first kappa shape index (κ1) is 23.2. The number of hydrogen-bond donors (Lipinski definition) is 0. The maximum atomic E-state index is 12.7. The van der Waals surface area contributed by atoms with Crippen LogP contribution < -0.4 is 14.2 Å². The fourth-order valence-electron chi connectivity index (χ4n) is 4.29. The van der Waals surface area contributed by atoms with Crippen LogP contribution in [0.3, 0.4) is 0 Å². The van der Waals surface area contributed by atoms with Crippen LogP contribution in [0.2, 0.25) is 0 Å². The second-order valence-corrected chi connectivity index (χ2v) is 8.90. The molecule has 0 bridgehead atoms. The topological polar surface area (TPSA) is 75.5 Å². The minimum Gasteiger partial charge on any atom is -0.493 e. The lowest BCUT2D eigenvalue weighted by Crippen LogP contribution is -2.15. The molecule has 1 aliphatic rings. The second kappa shape index (κ2) is 10.7. The lowest BCUT2D eigenvalue weighted by molar-refractivity contribution is 0.102. The average molecular weight is 468 g/mol. The number of carbonyl (C=O) groups is 1. The van der Waals surface area contributed by atoms with E-state index in [0.717, 1.165) is 29.4 Å². The Balaban J connectivity index is 1.70. The molecule has 0 spiro atoms. The first-order valence-corrected chi connectivity index (χ1v) is 12.1. The van der Waals surface area contributed by atoms with Crippen LogP contribution in [0.1, 0.15) is 48.5 Å². The van der Waals surface area contributed by atoms with Crippen LogP contribution in [0.5, 0.6) is 17.2 Å². The zero-order valence-corrected chi connectivity index (χ0v) is 20.1. The number of nitrogens with zero attached hydrogens (tertiary/aromatic N) is 3. The maximum absolute atomic E-state index is 12.7. The Labute approximate surface area is 198 Å². The molecule has 2 aromatic carbocycles. The number of carbonyl (C=O) groups excluding carboxylic acids is 1. The molecule has 4 rings (SSSR count). The van der Waals surface area contributed by atoms with Crippen molar-refractivity contribution in [3.05, 3.63) is 48.0 Å². The van der Waals surface area contributed by atoms with Gasteiger partial charge in [-0.1, -0.05) is 61.4 Å². The molecule has 0 radical (unpaired) electrons. The highest BCUT2D eigenvalue weighted by molar-refractivity contribution is 7.99. The summed E-state index contributed by atoms with van der Waals surface area (Å²) in [5, 5.41) is 9.80. The molecule has 7 nitrogen and oxygen atoms in total. The molecule has 1 saturated carbocycles. The van der Waals surface area contributed by atoms with E-state index in [2.05, 4.69) is 14.8 Å². The molecular formula is C25H29N3O4S. The van der Waals surface area contributed by atoms with E-state index in [0.29, 0.717) is 28.6 Å². The summed E-state index contributed by atoms with van der Waals surface area (Å²) in [7, 11) is 4.79. The predicted octanol–water partition coefficient (Wildman–Crippen LogP) is 5.45. The van der Waals surface area contributed by atoms with Crippen LogP contribution in [-0.2, 0) is 0 Å². The van der Waals surface area contributed by atoms with Crippen LogP contribution in [-0.4, -0.2) is 47.6 Å². The van der Waals surface area contributed by atoms with Crippen LogP contribution in [0.15, 0.2) is 47.6 Å². The largest absolute Gasteiger partial charge is 0.493 e. The summed E-state index contributed by atoms with van der Waals surface area (Å²) in [6, 6.07) is 13.4. The average Bonchev–Trinajstić information content (AvgIpc) is 3.31. The van der Waals surface area contributed by atoms with Gasteiger partial charge in [0, 0.05) is 17.2 Å². The highest BCUT2D eigenvalue weighted by Gasteiger charge is 2.26. The van der Waals surface area contributed by atoms with E-state index in [1.807, 2.05) is 42.5 Å². The van der Waals surface area contributed by atoms with E-state index in [9.17, 15) is 4.79 Å². The third kappa shape index (κ3) is 5.00. The summed E-state index contributed by atoms with van der Waals surface area (Å²) in [5.74, 6) is 2.81. The summed E-state index contributed by atoms with van der Waals surface area (Å²) in [5.41, 5.74) is 1.54. The molecule has 0 unspecified atom stereocenters. The third-order valence-corrected chi connectivity index (χ3v) is 6.90. The van der Waals surface area contributed by atoms with E-state index in [-0.39, 0.29) is 11.8 Å². The molecule has 1 heterocycles. The SMILES string of the molecule is COc1cc(-c2nnc(SCC(=O)c3ccccc3)n2C2CCCCC2)cc(OC)c1OC. The normalized spacial score (nSPS) is 14.2. The van der Waals surface area contributed by atoms with Crippen LogP contribution in [0.25, 0.3) is 11.4 Å². The Kier molecular flexibility index (Phi) is 7.54. The van der Waals surface area contributed by atoms with Gasteiger partial charge in [-0.25, -0.2) is 0 Å². The van der Waals surface area contributed by atoms with Gasteiger partial charge in [0.2, 0.25) is 5.75 Å². The van der Waals surface area contributed by atoms with Crippen molar-refractivity contribution in [3.8, 4) is 28.6 Å². The molecule has 1 aliphatic carbocycles. The number of ketones is 1. The number of methoxy groups -OCH3 is 3. The first-order valence-electron chi connectivity index (χ1n) is 11.1. The minimum absolute atomic E-state index is 0.0770. The fourth-order valence-corrected chi connectivity index (χ4v) is 5.19. The van der Waals surface area contributed by atoms with Gasteiger partial charge in [0.15, 0.2) is 28.3 Å². The van der Waals surface area contributed by atoms with Crippen molar-refractivity contribution in [1.29, 1.82) is 0 Å². The van der Waals surface area contributed by atoms with Gasteiger partial charge in [-0.3, -0.25) is 9.36 Å². The quantitative estimate of drug-likeness (QED) is 0.306. The molecule has 0 N–H and O–H groups in total. The smallest absolute Gasteiger partial charge is 0.203 e. The Morgan fingerprint density at radius 1 is 0.970 bits per heavy atom. The Morgan fingerprint density at radius 2 is 1.64 bits per heavy atom. The monoisotopic (exact) mass is 467 g/mol. The number of rotatable bonds is 9. The van der Waals surface area contributed by atoms with Crippen LogP contribution in [0.4, 0.5) is 0 Å². The molecule has 1 aromatic heterocycles. The molecule has 0 aliphatic heterocycles. The second-order valence-electron chi connectivity index (χ2n) is 7.96. The van der Waals surface area contributed by atoms with Gasteiger partial charge in [0.1, 0.15) is 0 Å². The molecule has 8 heteroatoms. The van der Waals surface area contributed by atoms with Crippen LogP contribution >= 0.6 is 11.8 Å². The van der Waals surface area contributed by atoms with Gasteiger partial charge in [0.25, 0.3) is 0 Å². The Morgan fingerprint density at radius 3 is 2.24 bits per heavy atom. The van der Waals surface area contributed by atoms with E-state index >= 15 is 0 Å². The molecule has 174 valence electrons. The van der Waals surface area contributed by atoms with Crippen molar-refractivity contribution in [2.45, 2.75) is 43.3 Å². The van der Waals surface area contributed by atoms with Gasteiger partial charge < -0.3 is 14.2 Å². The zero-order valence-electron chi connectivity index (χ0n) is 19.2. The lowest BCUT2D eigenvalue weighted by atomic mass is 9.95. The molecular weight excluding hydrogens is 438 g/mol. The van der Waals surface area contributed by atoms with Crippen molar-refractivity contribution in [3.63, 3.8) is 0 Å². The van der Waals surface area contributed by atoms with Crippen molar-refractivity contribution in [2.24, 2.45) is 0 Å². The Bertz CT molecular complexity index is 1070. The predicted molar refractivity (Wildman–Crippen MR) is 129 cm³/mol. The number of aromatic nitrogens is 3. The third-order valence-electron chi connectivity index (χ3n) is 5.96. The van der Waals surface area contributed by atoms with E-state index in [1.54, 1.807) is 21.3 Å². The Hall–Kier alpha value is -3.00. The van der Waals surface area contributed by atoms with Crippen molar-refractivity contribution < 1.29 is 19.0 Å². The van der Waals surface area contributed by atoms with Crippen LogP contribution in [0, 0.1) is 0 Å². The lowest BCUT2D eigenvalue weighted by Gasteiger charge is -2.26. The number of benzene rings is 2. The van der Waals surface area contributed by atoms with Crippen molar-refractivity contribution >= 4 is 17.5 Å². The van der Waals surface area contributed by atoms with Gasteiger partial charge in [-0.05, 0) is 25.0 Å². The van der Waals surface area contributed by atoms with E-state index < -0.39 is 0 Å². The molecule has 33 heavy (non-hydrogen) atoms. The van der Waals surface area contributed by atoms with Gasteiger partial charge in [-0.15, -0.1) is 10.2 Å². The maximum Gasteiger partial charge on any atom is 0.203 e. The van der Waals surface area contributed by atoms with Gasteiger partial charge >= 0.3 is 0 Å². The summed E-state index contributed by atoms with van der Waals surface area (Å²) in [6.45, 7) is 0. The summed E-state index contributed by atoms with van der Waals surface area (Å²) in [4.78, 5) is 12.7. The number of hydrogen-bond acceptors (Lipinski definition) is 7. The first-order chi connectivity index (χ1) is 16.2. The summed E-state index contributed by atoms with van der Waals surface area (Å²) in [6.07, 6.45) is 5.72. The van der Waals surface area contributed by atoms with E-state index in [4.69, 9.17) is 14.2 Å². The van der Waals surface area contributed by atoms with Crippen molar-refractivity contribution in [1.82, 2.24) is 14.8 Å². The number of ether oxygens (including phenoxy) is 3. The number of Topliss-reactive ketones (excluding diaryl/α,β-unsaturated/α-hetero) is 1. The highest BCUT2D eigenvalue weighted by atomic mass is 32.2. The van der Waals surface area contributed by atoms with Crippen molar-refractivity contribution in [2.75, 3.05) is 27.1 Å². The molecule has 0 atom stereocenters. The molecule has 1 fully saturated rings. The molecule has 0 saturated heterocycles.